The molecule has 2 heterocycles. The highest BCUT2D eigenvalue weighted by molar-refractivity contribution is 5.12. The van der Waals surface area contributed by atoms with Crippen LogP contribution in [0.5, 0.6) is 0 Å². The lowest BCUT2D eigenvalue weighted by molar-refractivity contribution is 0.0774. The van der Waals surface area contributed by atoms with E-state index in [2.05, 4.69) is 23.2 Å². The van der Waals surface area contributed by atoms with Crippen molar-refractivity contribution in [3.05, 3.63) is 23.7 Å². The molecule has 0 spiro atoms. The van der Waals surface area contributed by atoms with Crippen LogP contribution in [0.15, 0.2) is 16.7 Å². The van der Waals surface area contributed by atoms with Gasteiger partial charge in [-0.15, -0.1) is 0 Å². The summed E-state index contributed by atoms with van der Waals surface area (Å²) < 4.78 is 5.72. The molecule has 3 rings (SSSR count). The highest BCUT2D eigenvalue weighted by Crippen LogP contribution is 2.36. The van der Waals surface area contributed by atoms with Gasteiger partial charge in [-0.25, -0.2) is 0 Å². The quantitative estimate of drug-likeness (QED) is 0.893. The van der Waals surface area contributed by atoms with Crippen molar-refractivity contribution in [2.24, 2.45) is 11.8 Å². The molecule has 2 aliphatic rings. The van der Waals surface area contributed by atoms with Crippen molar-refractivity contribution < 1.29 is 4.42 Å². The number of nitrogens with zero attached hydrogens (tertiary/aromatic N) is 1. The smallest absolute Gasteiger partial charge is 0.118 e. The van der Waals surface area contributed by atoms with Crippen molar-refractivity contribution in [2.75, 3.05) is 19.6 Å². The second-order valence-electron chi connectivity index (χ2n) is 6.53. The molecule has 2 fully saturated rings. The third kappa shape index (κ3) is 3.44. The van der Waals surface area contributed by atoms with Crippen LogP contribution < -0.4 is 5.32 Å². The summed E-state index contributed by atoms with van der Waals surface area (Å²) in [6, 6.07) is 2.22. The van der Waals surface area contributed by atoms with E-state index in [0.717, 1.165) is 37.2 Å². The predicted octanol–water partition coefficient (Wildman–Crippen LogP) is 3.40. The van der Waals surface area contributed by atoms with Gasteiger partial charge in [0, 0.05) is 18.7 Å². The molecule has 1 aliphatic heterocycles. The van der Waals surface area contributed by atoms with Crippen molar-refractivity contribution in [1.29, 1.82) is 0 Å². The topological polar surface area (TPSA) is 28.4 Å². The van der Waals surface area contributed by atoms with E-state index >= 15 is 0 Å². The van der Waals surface area contributed by atoms with Gasteiger partial charge in [-0.1, -0.05) is 26.2 Å². The average molecular weight is 276 g/mol. The van der Waals surface area contributed by atoms with Crippen LogP contribution >= 0.6 is 0 Å². The molecule has 2 unspecified atom stereocenters. The molecular formula is C17H28N2O. The maximum Gasteiger partial charge on any atom is 0.118 e. The van der Waals surface area contributed by atoms with Gasteiger partial charge in [0.15, 0.2) is 0 Å². The summed E-state index contributed by atoms with van der Waals surface area (Å²) in [7, 11) is 0. The van der Waals surface area contributed by atoms with E-state index in [0.29, 0.717) is 0 Å². The highest BCUT2D eigenvalue weighted by atomic mass is 16.3. The summed E-state index contributed by atoms with van der Waals surface area (Å²) in [5.74, 6) is 3.10. The van der Waals surface area contributed by atoms with Crippen molar-refractivity contribution in [2.45, 2.75) is 52.1 Å². The van der Waals surface area contributed by atoms with Crippen LogP contribution in [0, 0.1) is 11.8 Å². The van der Waals surface area contributed by atoms with Gasteiger partial charge in [0.2, 0.25) is 0 Å². The van der Waals surface area contributed by atoms with Gasteiger partial charge < -0.3 is 9.73 Å². The fourth-order valence-corrected chi connectivity index (χ4v) is 3.91. The Bertz CT molecular complexity index is 415. The first-order valence-electron chi connectivity index (χ1n) is 8.34. The maximum atomic E-state index is 5.72. The van der Waals surface area contributed by atoms with E-state index in [1.165, 1.54) is 50.8 Å². The average Bonchev–Trinajstić information content (AvgIpc) is 2.92. The number of hydrogen-bond acceptors (Lipinski definition) is 3. The molecule has 0 radical (unpaired) electrons. The molecule has 1 aliphatic carbocycles. The molecule has 20 heavy (non-hydrogen) atoms. The molecule has 112 valence electrons. The van der Waals surface area contributed by atoms with Crippen LogP contribution in [0.1, 0.15) is 50.4 Å². The molecule has 0 bridgehead atoms. The third-order valence-corrected chi connectivity index (χ3v) is 5.04. The Balaban J connectivity index is 1.51. The number of hydrogen-bond donors (Lipinski definition) is 1. The number of furan rings is 1. The van der Waals surface area contributed by atoms with Crippen molar-refractivity contribution in [1.82, 2.24) is 10.2 Å². The SMILES string of the molecule is CCNCc1coc(CN2CCC3CCCCC3C2)c1. The first kappa shape index (κ1) is 14.2. The predicted molar refractivity (Wildman–Crippen MR) is 81.4 cm³/mol. The van der Waals surface area contributed by atoms with Gasteiger partial charge in [-0.2, -0.15) is 0 Å². The van der Waals surface area contributed by atoms with Crippen LogP contribution in [0.25, 0.3) is 0 Å². The summed E-state index contributed by atoms with van der Waals surface area (Å²) in [5, 5.41) is 3.35. The van der Waals surface area contributed by atoms with Crippen LogP contribution in [-0.4, -0.2) is 24.5 Å². The number of likely N-dealkylation sites (tertiary alicyclic amines) is 1. The molecule has 1 saturated carbocycles. The Labute approximate surface area is 122 Å². The van der Waals surface area contributed by atoms with Gasteiger partial charge in [0.05, 0.1) is 12.8 Å². The molecular weight excluding hydrogens is 248 g/mol. The summed E-state index contributed by atoms with van der Waals surface area (Å²) in [5.41, 5.74) is 1.27. The van der Waals surface area contributed by atoms with Crippen LogP contribution in [0.3, 0.4) is 0 Å². The minimum atomic E-state index is 0.921. The van der Waals surface area contributed by atoms with Crippen LogP contribution in [0.4, 0.5) is 0 Å². The lowest BCUT2D eigenvalue weighted by Crippen LogP contribution is -2.41. The monoisotopic (exact) mass is 276 g/mol. The summed E-state index contributed by atoms with van der Waals surface area (Å²) in [6.07, 6.45) is 9.15. The Hall–Kier alpha value is -0.800. The first-order chi connectivity index (χ1) is 9.85. The third-order valence-electron chi connectivity index (χ3n) is 5.04. The lowest BCUT2D eigenvalue weighted by Gasteiger charge is -2.41. The largest absolute Gasteiger partial charge is 0.468 e. The van der Waals surface area contributed by atoms with Gasteiger partial charge >= 0.3 is 0 Å². The van der Waals surface area contributed by atoms with E-state index in [1.807, 2.05) is 6.26 Å². The minimum absolute atomic E-state index is 0.921. The summed E-state index contributed by atoms with van der Waals surface area (Å²) in [4.78, 5) is 2.60. The Morgan fingerprint density at radius 2 is 2.10 bits per heavy atom. The minimum Gasteiger partial charge on any atom is -0.468 e. The second kappa shape index (κ2) is 6.77. The van der Waals surface area contributed by atoms with Crippen molar-refractivity contribution in [3.63, 3.8) is 0 Å². The van der Waals surface area contributed by atoms with Gasteiger partial charge in [0.1, 0.15) is 5.76 Å². The van der Waals surface area contributed by atoms with Crippen molar-refractivity contribution >= 4 is 0 Å². The number of fused-ring (bicyclic) bond motifs is 1. The maximum absolute atomic E-state index is 5.72. The zero-order valence-corrected chi connectivity index (χ0v) is 12.7. The fraction of sp³-hybridized carbons (Fsp3) is 0.765. The molecule has 1 aromatic rings. The Morgan fingerprint density at radius 1 is 1.25 bits per heavy atom. The van der Waals surface area contributed by atoms with E-state index in [9.17, 15) is 0 Å². The molecule has 0 amide bonds. The molecule has 1 N–H and O–H groups in total. The number of rotatable bonds is 5. The molecule has 0 aromatic carbocycles. The van der Waals surface area contributed by atoms with Gasteiger partial charge in [-0.3, -0.25) is 4.90 Å². The van der Waals surface area contributed by atoms with E-state index in [4.69, 9.17) is 4.42 Å². The molecule has 1 aromatic heterocycles. The standard InChI is InChI=1S/C17H28N2O/c1-2-18-10-14-9-17(20-13-14)12-19-8-7-15-5-3-4-6-16(15)11-19/h9,13,15-16,18H,2-8,10-12H2,1H3. The van der Waals surface area contributed by atoms with E-state index in [1.54, 1.807) is 0 Å². The van der Waals surface area contributed by atoms with E-state index in [-0.39, 0.29) is 0 Å². The van der Waals surface area contributed by atoms with Crippen molar-refractivity contribution in [3.8, 4) is 0 Å². The number of nitrogens with one attached hydrogen (secondary N) is 1. The molecule has 3 nitrogen and oxygen atoms in total. The normalized spacial score (nSPS) is 27.4. The van der Waals surface area contributed by atoms with E-state index < -0.39 is 0 Å². The molecule has 1 saturated heterocycles. The van der Waals surface area contributed by atoms with Crippen LogP contribution in [0.2, 0.25) is 0 Å². The Morgan fingerprint density at radius 3 is 2.95 bits per heavy atom. The van der Waals surface area contributed by atoms with Crippen LogP contribution in [-0.2, 0) is 13.1 Å². The second-order valence-corrected chi connectivity index (χ2v) is 6.53. The zero-order valence-electron chi connectivity index (χ0n) is 12.7. The molecule has 3 heteroatoms. The number of piperidine rings is 1. The molecule has 2 atom stereocenters. The summed E-state index contributed by atoms with van der Waals surface area (Å²) in [6.45, 7) is 7.60. The Kier molecular flexibility index (Phi) is 4.79. The first-order valence-corrected chi connectivity index (χ1v) is 8.34. The fourth-order valence-electron chi connectivity index (χ4n) is 3.91. The van der Waals surface area contributed by atoms with Gasteiger partial charge in [-0.05, 0) is 43.8 Å². The lowest BCUT2D eigenvalue weighted by atomic mass is 9.75. The summed E-state index contributed by atoms with van der Waals surface area (Å²) >= 11 is 0. The highest BCUT2D eigenvalue weighted by Gasteiger charge is 2.31. The van der Waals surface area contributed by atoms with Gasteiger partial charge in [0.25, 0.3) is 0 Å². The zero-order chi connectivity index (χ0) is 13.8.